The Balaban J connectivity index is 1.68. The highest BCUT2D eigenvalue weighted by molar-refractivity contribution is 5.98. The van der Waals surface area contributed by atoms with Gasteiger partial charge in [-0.15, -0.1) is 0 Å². The van der Waals surface area contributed by atoms with Gasteiger partial charge in [-0.1, -0.05) is 60.7 Å². The second-order valence-corrected chi connectivity index (χ2v) is 8.11. The molecule has 1 aromatic heterocycles. The Morgan fingerprint density at radius 3 is 2.05 bits per heavy atom. The summed E-state index contributed by atoms with van der Waals surface area (Å²) in [5, 5.41) is 14.4. The van der Waals surface area contributed by atoms with Crippen LogP contribution in [0.5, 0.6) is 5.75 Å². The molecule has 0 fully saturated rings. The number of amides is 2. The van der Waals surface area contributed by atoms with Gasteiger partial charge in [-0.25, -0.2) is 13.6 Å². The number of hydrogen-bond donors (Lipinski definition) is 3. The van der Waals surface area contributed by atoms with Crippen molar-refractivity contribution in [2.75, 3.05) is 12.4 Å². The molecule has 0 aliphatic carbocycles. The van der Waals surface area contributed by atoms with E-state index in [9.17, 15) is 19.1 Å². The number of aromatic nitrogens is 1. The first-order valence-corrected chi connectivity index (χ1v) is 11.3. The zero-order chi connectivity index (χ0) is 26.4. The second kappa shape index (κ2) is 11.3. The van der Waals surface area contributed by atoms with Gasteiger partial charge < -0.3 is 20.5 Å². The quantitative estimate of drug-likeness (QED) is 0.297. The van der Waals surface area contributed by atoms with Crippen molar-refractivity contribution in [1.29, 1.82) is 0 Å². The van der Waals surface area contributed by atoms with Crippen molar-refractivity contribution < 1.29 is 28.2 Å². The number of anilines is 1. The third kappa shape index (κ3) is 5.72. The smallest absolute Gasteiger partial charge is 0.405 e. The second-order valence-electron chi connectivity index (χ2n) is 8.11. The number of halogens is 2. The maximum absolute atomic E-state index is 15.1. The molecule has 9 heteroatoms. The van der Waals surface area contributed by atoms with E-state index in [-0.39, 0.29) is 22.6 Å². The van der Waals surface area contributed by atoms with Crippen LogP contribution in [0.15, 0.2) is 91.3 Å². The number of carboxylic acid groups (broad SMARTS) is 1. The molecular formula is C28H23F2N3O4. The molecular weight excluding hydrogens is 480 g/mol. The maximum atomic E-state index is 15.1. The van der Waals surface area contributed by atoms with Crippen LogP contribution in [0, 0.1) is 11.6 Å². The van der Waals surface area contributed by atoms with Crippen molar-refractivity contribution >= 4 is 17.7 Å². The predicted molar refractivity (Wildman–Crippen MR) is 134 cm³/mol. The standard InChI is InChI=1S/C28H23F2N3O4/c1-37-23-16-31-15-22(30)25(23)20-13-12-19(14-21(20)29)32-27(34)26(33-28(35)36)24(17-8-4-2-5-9-17)18-10-6-3-7-11-18/h2-16,24,26,33H,1H3,(H,32,34)(H,35,36)/t26-/m0/s1. The maximum Gasteiger partial charge on any atom is 0.405 e. The Labute approximate surface area is 211 Å². The van der Waals surface area contributed by atoms with Crippen LogP contribution >= 0.6 is 0 Å². The Hall–Kier alpha value is -4.79. The summed E-state index contributed by atoms with van der Waals surface area (Å²) in [6.45, 7) is 0. The van der Waals surface area contributed by atoms with Crippen LogP contribution < -0.4 is 15.4 Å². The van der Waals surface area contributed by atoms with Gasteiger partial charge in [-0.05, 0) is 29.3 Å². The Bertz CT molecular complexity index is 1360. The molecule has 0 saturated carbocycles. The lowest BCUT2D eigenvalue weighted by atomic mass is 9.84. The molecule has 37 heavy (non-hydrogen) atoms. The van der Waals surface area contributed by atoms with Gasteiger partial charge in [0.25, 0.3) is 0 Å². The van der Waals surface area contributed by atoms with Crippen molar-refractivity contribution in [3.05, 3.63) is 114 Å². The average Bonchev–Trinajstić information content (AvgIpc) is 2.89. The van der Waals surface area contributed by atoms with E-state index < -0.39 is 35.6 Å². The number of methoxy groups -OCH3 is 1. The third-order valence-corrected chi connectivity index (χ3v) is 5.80. The first kappa shape index (κ1) is 25.3. The van der Waals surface area contributed by atoms with Crippen molar-refractivity contribution in [2.45, 2.75) is 12.0 Å². The molecule has 3 aromatic carbocycles. The van der Waals surface area contributed by atoms with Crippen LogP contribution in [0.3, 0.4) is 0 Å². The summed E-state index contributed by atoms with van der Waals surface area (Å²) in [5.41, 5.74) is 1.30. The first-order valence-electron chi connectivity index (χ1n) is 11.3. The van der Waals surface area contributed by atoms with Crippen LogP contribution in [0.2, 0.25) is 0 Å². The fraction of sp³-hybridized carbons (Fsp3) is 0.107. The van der Waals surface area contributed by atoms with Gasteiger partial charge in [0.2, 0.25) is 5.91 Å². The van der Waals surface area contributed by atoms with Gasteiger partial charge >= 0.3 is 6.09 Å². The largest absolute Gasteiger partial charge is 0.494 e. The molecule has 1 heterocycles. The average molecular weight is 504 g/mol. The topological polar surface area (TPSA) is 101 Å². The Kier molecular flexibility index (Phi) is 7.73. The molecule has 4 rings (SSSR count). The van der Waals surface area contributed by atoms with E-state index in [1.165, 1.54) is 25.4 Å². The molecule has 0 aliphatic rings. The van der Waals surface area contributed by atoms with Crippen LogP contribution in [0.25, 0.3) is 11.1 Å². The number of hydrogen-bond acceptors (Lipinski definition) is 4. The molecule has 2 amide bonds. The number of nitrogens with zero attached hydrogens (tertiary/aromatic N) is 1. The number of ether oxygens (including phenoxy) is 1. The predicted octanol–water partition coefficient (Wildman–Crippen LogP) is 5.44. The minimum atomic E-state index is -1.39. The van der Waals surface area contributed by atoms with E-state index in [4.69, 9.17) is 4.74 Å². The van der Waals surface area contributed by atoms with Crippen LogP contribution in [-0.4, -0.2) is 35.2 Å². The fourth-order valence-electron chi connectivity index (χ4n) is 4.18. The molecule has 7 nitrogen and oxygen atoms in total. The van der Waals surface area contributed by atoms with Crippen molar-refractivity contribution in [2.24, 2.45) is 0 Å². The molecule has 0 spiro atoms. The summed E-state index contributed by atoms with van der Waals surface area (Å²) in [6, 6.07) is 20.5. The number of carbonyl (C=O) groups excluding carboxylic acids is 1. The first-order chi connectivity index (χ1) is 17.9. The number of nitrogens with one attached hydrogen (secondary N) is 2. The van der Waals surface area contributed by atoms with E-state index >= 15 is 4.39 Å². The van der Waals surface area contributed by atoms with E-state index in [0.29, 0.717) is 11.1 Å². The molecule has 4 aromatic rings. The molecule has 0 aliphatic heterocycles. The molecule has 3 N–H and O–H groups in total. The highest BCUT2D eigenvalue weighted by Gasteiger charge is 2.32. The fourth-order valence-corrected chi connectivity index (χ4v) is 4.18. The van der Waals surface area contributed by atoms with Crippen molar-refractivity contribution in [1.82, 2.24) is 10.3 Å². The summed E-state index contributed by atoms with van der Waals surface area (Å²) in [5.74, 6) is -2.89. The summed E-state index contributed by atoms with van der Waals surface area (Å²) >= 11 is 0. The molecule has 0 saturated heterocycles. The van der Waals surface area contributed by atoms with Crippen LogP contribution in [-0.2, 0) is 4.79 Å². The Morgan fingerprint density at radius 1 is 0.892 bits per heavy atom. The van der Waals surface area contributed by atoms with E-state index in [1.54, 1.807) is 48.5 Å². The lowest BCUT2D eigenvalue weighted by molar-refractivity contribution is -0.118. The number of benzene rings is 3. The van der Waals surface area contributed by atoms with Gasteiger partial charge in [0.15, 0.2) is 5.82 Å². The summed E-state index contributed by atoms with van der Waals surface area (Å²) in [4.78, 5) is 28.8. The van der Waals surface area contributed by atoms with Crippen LogP contribution in [0.4, 0.5) is 19.3 Å². The van der Waals surface area contributed by atoms with Gasteiger partial charge in [0.1, 0.15) is 17.6 Å². The summed E-state index contributed by atoms with van der Waals surface area (Å²) in [6.07, 6.45) is 0.824. The lowest BCUT2D eigenvalue weighted by Gasteiger charge is -2.27. The van der Waals surface area contributed by atoms with Crippen LogP contribution in [0.1, 0.15) is 17.0 Å². The van der Waals surface area contributed by atoms with E-state index in [2.05, 4.69) is 15.6 Å². The number of rotatable bonds is 8. The third-order valence-electron chi connectivity index (χ3n) is 5.80. The van der Waals surface area contributed by atoms with E-state index in [1.807, 2.05) is 12.1 Å². The summed E-state index contributed by atoms with van der Waals surface area (Å²) < 4.78 is 34.6. The highest BCUT2D eigenvalue weighted by Crippen LogP contribution is 2.35. The van der Waals surface area contributed by atoms with Gasteiger partial charge in [-0.2, -0.15) is 0 Å². The zero-order valence-electron chi connectivity index (χ0n) is 19.7. The highest BCUT2D eigenvalue weighted by atomic mass is 19.1. The number of carbonyl (C=O) groups is 2. The molecule has 1 atom stereocenters. The zero-order valence-corrected chi connectivity index (χ0v) is 19.7. The molecule has 0 unspecified atom stereocenters. The number of pyridine rings is 1. The molecule has 188 valence electrons. The summed E-state index contributed by atoms with van der Waals surface area (Å²) in [7, 11) is 1.32. The SMILES string of the molecule is COc1cncc(F)c1-c1ccc(NC(=O)[C@@H](NC(=O)O)C(c2ccccc2)c2ccccc2)cc1F. The molecule has 0 radical (unpaired) electrons. The van der Waals surface area contributed by atoms with Gasteiger partial charge in [0.05, 0.1) is 25.1 Å². The van der Waals surface area contributed by atoms with Gasteiger partial charge in [-0.3, -0.25) is 9.78 Å². The van der Waals surface area contributed by atoms with Gasteiger partial charge in [0, 0.05) is 17.2 Å². The van der Waals surface area contributed by atoms with Crippen molar-refractivity contribution in [3.8, 4) is 16.9 Å². The van der Waals surface area contributed by atoms with E-state index in [0.717, 1.165) is 12.3 Å². The minimum Gasteiger partial charge on any atom is -0.494 e. The Morgan fingerprint density at radius 2 is 1.51 bits per heavy atom. The lowest BCUT2D eigenvalue weighted by Crippen LogP contribution is -2.47. The minimum absolute atomic E-state index is 0.0509. The normalized spacial score (nSPS) is 11.6. The monoisotopic (exact) mass is 503 g/mol. The molecule has 0 bridgehead atoms. The van der Waals surface area contributed by atoms with Crippen molar-refractivity contribution in [3.63, 3.8) is 0 Å².